The Morgan fingerprint density at radius 1 is 1.04 bits per heavy atom. The number of aromatic hydroxyl groups is 1. The number of rotatable bonds is 4. The minimum absolute atomic E-state index is 0.0716. The van der Waals surface area contributed by atoms with Gasteiger partial charge in [-0.05, 0) is 24.6 Å². The van der Waals surface area contributed by atoms with Crippen molar-refractivity contribution in [2.45, 2.75) is 25.4 Å². The van der Waals surface area contributed by atoms with Gasteiger partial charge in [-0.2, -0.15) is 0 Å². The van der Waals surface area contributed by atoms with Crippen molar-refractivity contribution >= 4 is 29.3 Å². The van der Waals surface area contributed by atoms with Crippen LogP contribution in [0.15, 0.2) is 42.5 Å². The molecule has 8 nitrogen and oxygen atoms in total. The zero-order valence-electron chi connectivity index (χ0n) is 14.8. The van der Waals surface area contributed by atoms with E-state index in [-0.39, 0.29) is 36.3 Å². The summed E-state index contributed by atoms with van der Waals surface area (Å²) >= 11 is 0. The zero-order chi connectivity index (χ0) is 19.8. The second kappa shape index (κ2) is 6.80. The third-order valence-electron chi connectivity index (χ3n) is 4.93. The van der Waals surface area contributed by atoms with Crippen molar-refractivity contribution in [1.82, 2.24) is 10.2 Å². The smallest absolute Gasteiger partial charge is 0.264 e. The van der Waals surface area contributed by atoms with E-state index in [1.807, 2.05) is 0 Å². The first-order valence-corrected chi connectivity index (χ1v) is 8.82. The maximum absolute atomic E-state index is 13.0. The number of nitrogens with zero attached hydrogens (tertiary/aromatic N) is 1. The van der Waals surface area contributed by atoms with Crippen LogP contribution in [0.2, 0.25) is 0 Å². The van der Waals surface area contributed by atoms with E-state index in [0.717, 1.165) is 4.90 Å². The van der Waals surface area contributed by atoms with E-state index in [9.17, 15) is 24.3 Å². The molecule has 2 aliphatic heterocycles. The summed E-state index contributed by atoms with van der Waals surface area (Å²) in [5, 5.41) is 15.2. The van der Waals surface area contributed by atoms with Crippen LogP contribution < -0.4 is 10.6 Å². The van der Waals surface area contributed by atoms with Gasteiger partial charge in [0.15, 0.2) is 0 Å². The van der Waals surface area contributed by atoms with Crippen LogP contribution in [0.3, 0.4) is 0 Å². The number of nitrogens with one attached hydrogen (secondary N) is 2. The van der Waals surface area contributed by atoms with Gasteiger partial charge in [-0.1, -0.05) is 24.3 Å². The van der Waals surface area contributed by atoms with Gasteiger partial charge in [0.2, 0.25) is 11.8 Å². The van der Waals surface area contributed by atoms with Crippen LogP contribution in [-0.4, -0.2) is 39.7 Å². The lowest BCUT2D eigenvalue weighted by atomic mass is 10.0. The number of benzene rings is 2. The van der Waals surface area contributed by atoms with E-state index in [1.54, 1.807) is 36.4 Å². The lowest BCUT2D eigenvalue weighted by Crippen LogP contribution is -2.54. The molecule has 142 valence electrons. The highest BCUT2D eigenvalue weighted by atomic mass is 16.3. The highest BCUT2D eigenvalue weighted by molar-refractivity contribution is 6.25. The predicted octanol–water partition coefficient (Wildman–Crippen LogP) is 1.41. The summed E-state index contributed by atoms with van der Waals surface area (Å²) in [6, 6.07) is 10.6. The van der Waals surface area contributed by atoms with Gasteiger partial charge >= 0.3 is 0 Å². The van der Waals surface area contributed by atoms with Crippen LogP contribution in [0.4, 0.5) is 5.69 Å². The molecule has 3 N–H and O–H groups in total. The number of imide groups is 2. The molecule has 2 aromatic rings. The third kappa shape index (κ3) is 2.88. The monoisotopic (exact) mass is 379 g/mol. The molecule has 28 heavy (non-hydrogen) atoms. The second-order valence-electron chi connectivity index (χ2n) is 6.66. The molecule has 0 spiro atoms. The number of phenols is 1. The lowest BCUT2D eigenvalue weighted by molar-refractivity contribution is -0.136. The molecule has 0 radical (unpaired) electrons. The molecule has 2 aliphatic rings. The summed E-state index contributed by atoms with van der Waals surface area (Å²) in [4.78, 5) is 50.2. The fraction of sp³-hybridized carbons (Fsp3) is 0.200. The Hall–Kier alpha value is -3.68. The first kappa shape index (κ1) is 17.7. The van der Waals surface area contributed by atoms with Crippen molar-refractivity contribution < 1.29 is 24.3 Å². The molecule has 0 aliphatic carbocycles. The number of hydrogen-bond acceptors (Lipinski definition) is 6. The van der Waals surface area contributed by atoms with Gasteiger partial charge in [0.05, 0.1) is 11.1 Å². The molecule has 0 aromatic heterocycles. The normalized spacial score (nSPS) is 18.9. The Morgan fingerprint density at radius 2 is 1.82 bits per heavy atom. The van der Waals surface area contributed by atoms with Crippen molar-refractivity contribution in [2.75, 3.05) is 5.32 Å². The quantitative estimate of drug-likeness (QED) is 0.692. The summed E-state index contributed by atoms with van der Waals surface area (Å²) in [6.45, 7) is 0.253. The molecule has 4 amide bonds. The Labute approximate surface area is 160 Å². The van der Waals surface area contributed by atoms with E-state index in [0.29, 0.717) is 11.3 Å². The maximum atomic E-state index is 13.0. The van der Waals surface area contributed by atoms with E-state index in [2.05, 4.69) is 10.6 Å². The van der Waals surface area contributed by atoms with Gasteiger partial charge in [-0.3, -0.25) is 29.4 Å². The summed E-state index contributed by atoms with van der Waals surface area (Å²) in [5.74, 6) is -2.07. The van der Waals surface area contributed by atoms with Crippen LogP contribution in [0.1, 0.15) is 39.1 Å². The number of piperidine rings is 1. The van der Waals surface area contributed by atoms with Crippen LogP contribution in [0, 0.1) is 0 Å². The number of hydrogen-bond donors (Lipinski definition) is 3. The second-order valence-corrected chi connectivity index (χ2v) is 6.66. The fourth-order valence-corrected chi connectivity index (χ4v) is 3.51. The minimum Gasteiger partial charge on any atom is -0.508 e. The molecule has 1 saturated heterocycles. The van der Waals surface area contributed by atoms with E-state index in [4.69, 9.17) is 0 Å². The topological polar surface area (TPSA) is 116 Å². The number of carbonyl (C=O) groups is 4. The molecule has 1 fully saturated rings. The highest BCUT2D eigenvalue weighted by Crippen LogP contribution is 2.32. The molecule has 0 bridgehead atoms. The van der Waals surface area contributed by atoms with Crippen molar-refractivity contribution in [3.8, 4) is 5.75 Å². The van der Waals surface area contributed by atoms with Gasteiger partial charge in [0.25, 0.3) is 11.8 Å². The third-order valence-corrected chi connectivity index (χ3v) is 4.93. The number of phenolic OH excluding ortho intramolecular Hbond substituents is 1. The highest BCUT2D eigenvalue weighted by Gasteiger charge is 2.45. The predicted molar refractivity (Wildman–Crippen MR) is 98.5 cm³/mol. The maximum Gasteiger partial charge on any atom is 0.264 e. The van der Waals surface area contributed by atoms with E-state index >= 15 is 0 Å². The Kier molecular flexibility index (Phi) is 4.31. The number of fused-ring (bicyclic) bond motifs is 1. The molecule has 1 atom stereocenters. The first-order valence-electron chi connectivity index (χ1n) is 8.82. The van der Waals surface area contributed by atoms with Gasteiger partial charge < -0.3 is 10.4 Å². The summed E-state index contributed by atoms with van der Waals surface area (Å²) in [6.07, 6.45) is 0.180. The Bertz CT molecular complexity index is 1020. The average molecular weight is 379 g/mol. The van der Waals surface area contributed by atoms with Gasteiger partial charge in [-0.15, -0.1) is 0 Å². The van der Waals surface area contributed by atoms with Gasteiger partial charge in [0.1, 0.15) is 11.8 Å². The molecular weight excluding hydrogens is 362 g/mol. The van der Waals surface area contributed by atoms with Gasteiger partial charge in [0, 0.05) is 24.2 Å². The molecule has 0 saturated carbocycles. The number of amides is 4. The van der Waals surface area contributed by atoms with Crippen molar-refractivity contribution in [3.63, 3.8) is 0 Å². The van der Waals surface area contributed by atoms with Crippen LogP contribution >= 0.6 is 0 Å². The molecular formula is C20H17N3O5. The number of para-hydroxylation sites is 1. The van der Waals surface area contributed by atoms with Crippen molar-refractivity contribution in [2.24, 2.45) is 0 Å². The number of carbonyl (C=O) groups excluding carboxylic acids is 4. The molecule has 8 heteroatoms. The molecule has 2 aromatic carbocycles. The number of anilines is 1. The minimum atomic E-state index is -1.00. The lowest BCUT2D eigenvalue weighted by Gasteiger charge is -2.27. The Balaban J connectivity index is 1.62. The zero-order valence-corrected chi connectivity index (χ0v) is 14.8. The standard InChI is InChI=1S/C20H17N3O5/c24-15-7-2-1-4-11(15)10-21-13-6-3-5-12-17(13)20(28)23(19(12)27)14-8-9-16(25)22-18(14)26/h1-7,14,21,24H,8-10H2,(H,22,25,26). The summed E-state index contributed by atoms with van der Waals surface area (Å²) < 4.78 is 0. The Morgan fingerprint density at radius 3 is 2.57 bits per heavy atom. The van der Waals surface area contributed by atoms with Gasteiger partial charge in [-0.25, -0.2) is 0 Å². The SMILES string of the molecule is O=C1CCC(N2C(=O)c3cccc(NCc4ccccc4O)c3C2=O)C(=O)N1. The van der Waals surface area contributed by atoms with Crippen LogP contribution in [-0.2, 0) is 16.1 Å². The summed E-state index contributed by atoms with van der Waals surface area (Å²) in [7, 11) is 0. The van der Waals surface area contributed by atoms with Crippen LogP contribution in [0.5, 0.6) is 5.75 Å². The van der Waals surface area contributed by atoms with Crippen LogP contribution in [0.25, 0.3) is 0 Å². The van der Waals surface area contributed by atoms with E-state index < -0.39 is 29.7 Å². The fourth-order valence-electron chi connectivity index (χ4n) is 3.51. The summed E-state index contributed by atoms with van der Waals surface area (Å²) in [5.41, 5.74) is 1.47. The van der Waals surface area contributed by atoms with Crippen molar-refractivity contribution in [1.29, 1.82) is 0 Å². The molecule has 4 rings (SSSR count). The molecule has 1 unspecified atom stereocenters. The first-order chi connectivity index (χ1) is 13.5. The molecule has 2 heterocycles. The van der Waals surface area contributed by atoms with Crippen molar-refractivity contribution in [3.05, 3.63) is 59.2 Å². The average Bonchev–Trinajstić information content (AvgIpc) is 2.93. The largest absolute Gasteiger partial charge is 0.508 e. The van der Waals surface area contributed by atoms with E-state index in [1.165, 1.54) is 6.07 Å².